The van der Waals surface area contributed by atoms with Crippen molar-refractivity contribution in [3.8, 4) is 23.0 Å². The molecule has 0 spiro atoms. The van der Waals surface area contributed by atoms with Crippen LogP contribution in [0.2, 0.25) is 0 Å². The summed E-state index contributed by atoms with van der Waals surface area (Å²) >= 11 is 0. The zero-order valence-electron chi connectivity index (χ0n) is 38.4. The molecule has 0 aliphatic carbocycles. The van der Waals surface area contributed by atoms with Crippen LogP contribution in [0.15, 0.2) is 97.1 Å². The van der Waals surface area contributed by atoms with E-state index in [2.05, 4.69) is 0 Å². The van der Waals surface area contributed by atoms with E-state index in [1.54, 1.807) is 12.1 Å². The van der Waals surface area contributed by atoms with E-state index in [0.29, 0.717) is 36.5 Å². The lowest BCUT2D eigenvalue weighted by atomic mass is 10.0. The molecular weight excluding hydrogens is 889 g/mol. The van der Waals surface area contributed by atoms with Crippen molar-refractivity contribution in [3.63, 3.8) is 0 Å². The quantitative estimate of drug-likeness (QED) is 0.0816. The predicted octanol–water partition coefficient (Wildman–Crippen LogP) is 5.69. The fourth-order valence-corrected chi connectivity index (χ4v) is 7.51. The highest BCUT2D eigenvalue weighted by molar-refractivity contribution is 5.69. The lowest BCUT2D eigenvalue weighted by molar-refractivity contribution is -0.261. The third-order valence-corrected chi connectivity index (χ3v) is 10.3. The second kappa shape index (κ2) is 24.0. The SMILES string of the molecule is CC(=O)O[C@@H]1[C@@H](OC(C)=O)[C@H](Oc2ccc(CCc3ccc(OCc4ccccc4)cc3OCc3ccccc3)c(O[C@@H]3OC[C@@H](OC(C)=O)[C@H](OC(C)=O)[C@H]3OC(C)=O)c2)OC[C@H]1OC(C)=O. The number of carbonyl (C=O) groups excluding carboxylic acids is 6. The van der Waals surface area contributed by atoms with Crippen LogP contribution >= 0.6 is 0 Å². The van der Waals surface area contributed by atoms with Gasteiger partial charge in [-0.3, -0.25) is 28.8 Å². The summed E-state index contributed by atoms with van der Waals surface area (Å²) in [5, 5.41) is 0. The molecule has 0 aromatic heterocycles. The highest BCUT2D eigenvalue weighted by Gasteiger charge is 2.50. The van der Waals surface area contributed by atoms with Crippen molar-refractivity contribution in [3.05, 3.63) is 119 Å². The van der Waals surface area contributed by atoms with Gasteiger partial charge in [-0.05, 0) is 47.2 Å². The summed E-state index contributed by atoms with van der Waals surface area (Å²) in [6, 6.07) is 29.9. The van der Waals surface area contributed by atoms with E-state index < -0.39 is 85.0 Å². The predicted molar refractivity (Wildman–Crippen MR) is 236 cm³/mol. The summed E-state index contributed by atoms with van der Waals surface area (Å²) < 4.78 is 70.3. The molecule has 2 aliphatic heterocycles. The van der Waals surface area contributed by atoms with Crippen molar-refractivity contribution < 1.29 is 85.6 Å². The summed E-state index contributed by atoms with van der Waals surface area (Å²) in [4.78, 5) is 73.6. The van der Waals surface area contributed by atoms with Gasteiger partial charge in [0, 0.05) is 53.7 Å². The normalized spacial score (nSPS) is 22.0. The molecule has 0 saturated carbocycles. The van der Waals surface area contributed by atoms with Crippen molar-refractivity contribution >= 4 is 35.8 Å². The van der Waals surface area contributed by atoms with Gasteiger partial charge >= 0.3 is 35.8 Å². The van der Waals surface area contributed by atoms with Crippen LogP contribution in [0.1, 0.15) is 63.8 Å². The van der Waals surface area contributed by atoms with Gasteiger partial charge in [0.2, 0.25) is 24.8 Å². The number of benzene rings is 4. The topological polar surface area (TPSA) is 213 Å². The van der Waals surface area contributed by atoms with Crippen LogP contribution in [0.5, 0.6) is 23.0 Å². The van der Waals surface area contributed by atoms with Crippen LogP contribution in [0.25, 0.3) is 0 Å². The Morgan fingerprint density at radius 1 is 0.441 bits per heavy atom. The second-order valence-electron chi connectivity index (χ2n) is 15.8. The molecule has 4 aromatic rings. The largest absolute Gasteiger partial charge is 0.489 e. The summed E-state index contributed by atoms with van der Waals surface area (Å²) in [5.41, 5.74) is 3.36. The average molecular weight is 943 g/mol. The molecule has 68 heavy (non-hydrogen) atoms. The number of ether oxygens (including phenoxy) is 12. The van der Waals surface area contributed by atoms with Crippen LogP contribution in [0.3, 0.4) is 0 Å². The average Bonchev–Trinajstić information content (AvgIpc) is 3.28. The van der Waals surface area contributed by atoms with E-state index in [4.69, 9.17) is 56.8 Å². The number of esters is 6. The molecule has 18 nitrogen and oxygen atoms in total. The maximum atomic E-state index is 12.5. The molecule has 0 bridgehead atoms. The zero-order chi connectivity index (χ0) is 48.7. The van der Waals surface area contributed by atoms with Crippen LogP contribution in [-0.2, 0) is 92.7 Å². The van der Waals surface area contributed by atoms with Crippen LogP contribution < -0.4 is 18.9 Å². The Bertz CT molecular complexity index is 2370. The molecule has 2 fully saturated rings. The van der Waals surface area contributed by atoms with Crippen molar-refractivity contribution in [1.29, 1.82) is 0 Å². The summed E-state index contributed by atoms with van der Waals surface area (Å²) in [6.45, 7) is 6.93. The van der Waals surface area contributed by atoms with Gasteiger partial charge in [0.15, 0.2) is 24.4 Å². The second-order valence-corrected chi connectivity index (χ2v) is 15.8. The molecule has 0 unspecified atom stereocenters. The maximum Gasteiger partial charge on any atom is 0.303 e. The smallest absolute Gasteiger partial charge is 0.303 e. The first-order chi connectivity index (χ1) is 32.6. The first-order valence-corrected chi connectivity index (χ1v) is 21.8. The van der Waals surface area contributed by atoms with Gasteiger partial charge in [-0.2, -0.15) is 0 Å². The van der Waals surface area contributed by atoms with Crippen molar-refractivity contribution in [1.82, 2.24) is 0 Å². The molecule has 0 amide bonds. The van der Waals surface area contributed by atoms with Crippen molar-refractivity contribution in [2.75, 3.05) is 13.2 Å². The van der Waals surface area contributed by atoms with Gasteiger partial charge < -0.3 is 56.8 Å². The minimum Gasteiger partial charge on any atom is -0.489 e. The molecule has 18 heteroatoms. The molecule has 4 aromatic carbocycles. The highest BCUT2D eigenvalue weighted by Crippen LogP contribution is 2.35. The number of hydrogen-bond acceptors (Lipinski definition) is 18. The zero-order valence-corrected chi connectivity index (χ0v) is 38.4. The number of aryl methyl sites for hydroxylation is 2. The lowest BCUT2D eigenvalue weighted by Crippen LogP contribution is -2.59. The first-order valence-electron chi connectivity index (χ1n) is 21.8. The van der Waals surface area contributed by atoms with E-state index >= 15 is 0 Å². The van der Waals surface area contributed by atoms with Crippen LogP contribution in [-0.4, -0.2) is 98.2 Å². The molecule has 2 saturated heterocycles. The molecular formula is C50H54O18. The van der Waals surface area contributed by atoms with Crippen LogP contribution in [0, 0.1) is 0 Å². The Balaban J connectivity index is 1.34. The standard InChI is InChI=1S/C50H54O18/c1-29(51)61-43-27-59-49(47(65-33(5)55)45(43)63-31(3)53)67-40-22-20-38(42(24-40)68-50-48(66-34(6)56)46(64-32(4)54)44(28-60-50)62-30(2)52)18-17-37-19-21-39(57-25-35-13-9-7-10-14-35)23-41(37)58-26-36-15-11-8-12-16-36/h7-16,19-24,43-50H,17-18,25-28H2,1-6H3/t43-,44-,45+,46+,47-,48-,49+,50+/m1/s1. The summed E-state index contributed by atoms with van der Waals surface area (Å²) in [5.74, 6) is -3.01. The first kappa shape index (κ1) is 50.2. The molecule has 8 atom stereocenters. The number of carbonyl (C=O) groups is 6. The van der Waals surface area contributed by atoms with E-state index in [1.165, 1.54) is 19.9 Å². The molecule has 362 valence electrons. The van der Waals surface area contributed by atoms with Crippen LogP contribution in [0.4, 0.5) is 0 Å². The molecule has 6 rings (SSSR count). The third kappa shape index (κ3) is 14.7. The summed E-state index contributed by atoms with van der Waals surface area (Å²) in [7, 11) is 0. The maximum absolute atomic E-state index is 12.5. The van der Waals surface area contributed by atoms with Gasteiger partial charge in [0.1, 0.15) is 36.2 Å². The number of rotatable bonds is 19. The Morgan fingerprint density at radius 3 is 1.31 bits per heavy atom. The Hall–Kier alpha value is -7.18. The van der Waals surface area contributed by atoms with E-state index in [-0.39, 0.29) is 31.3 Å². The van der Waals surface area contributed by atoms with E-state index in [9.17, 15) is 28.8 Å². The van der Waals surface area contributed by atoms with Crippen molar-refractivity contribution in [2.24, 2.45) is 0 Å². The molecule has 0 radical (unpaired) electrons. The fraction of sp³-hybridized carbons (Fsp3) is 0.400. The fourth-order valence-electron chi connectivity index (χ4n) is 7.51. The lowest BCUT2D eigenvalue weighted by Gasteiger charge is -2.40. The molecule has 2 heterocycles. The molecule has 2 aliphatic rings. The van der Waals surface area contributed by atoms with E-state index in [1.807, 2.05) is 78.9 Å². The minimum atomic E-state index is -1.44. The Kier molecular flexibility index (Phi) is 17.7. The van der Waals surface area contributed by atoms with Gasteiger partial charge in [0.25, 0.3) is 0 Å². The number of hydrogen-bond donors (Lipinski definition) is 0. The highest BCUT2D eigenvalue weighted by atomic mass is 16.7. The van der Waals surface area contributed by atoms with Gasteiger partial charge in [-0.25, -0.2) is 0 Å². The Morgan fingerprint density at radius 2 is 0.838 bits per heavy atom. The monoisotopic (exact) mass is 942 g/mol. The van der Waals surface area contributed by atoms with Gasteiger partial charge in [-0.15, -0.1) is 0 Å². The van der Waals surface area contributed by atoms with E-state index in [0.717, 1.165) is 44.4 Å². The minimum absolute atomic E-state index is 0.0967. The third-order valence-electron chi connectivity index (χ3n) is 10.3. The molecule has 0 N–H and O–H groups in total. The Labute approximate surface area is 392 Å². The van der Waals surface area contributed by atoms with Gasteiger partial charge in [0.05, 0.1) is 13.2 Å². The van der Waals surface area contributed by atoms with Crippen molar-refractivity contribution in [2.45, 2.75) is 117 Å². The summed E-state index contributed by atoms with van der Waals surface area (Å²) in [6.07, 6.45) is -9.94. The van der Waals surface area contributed by atoms with Gasteiger partial charge in [-0.1, -0.05) is 72.8 Å².